The molecule has 1 spiro atoms. The Morgan fingerprint density at radius 1 is 1.36 bits per heavy atom. The van der Waals surface area contributed by atoms with E-state index in [4.69, 9.17) is 14.7 Å². The van der Waals surface area contributed by atoms with Crippen molar-refractivity contribution >= 4 is 11.4 Å². The molecule has 0 radical (unpaired) electrons. The van der Waals surface area contributed by atoms with Gasteiger partial charge in [-0.2, -0.15) is 5.26 Å². The molecule has 1 heterocycles. The maximum Gasteiger partial charge on any atom is 0.292 e. The average molecular weight is 353 g/mol. The molecule has 1 saturated heterocycles. The maximum atomic E-state index is 14.3. The smallest absolute Gasteiger partial charge is 0.292 e. The summed E-state index contributed by atoms with van der Waals surface area (Å²) in [5, 5.41) is 22.7. The fraction of sp³-hybridized carbons (Fsp3) is 0.562. The summed E-state index contributed by atoms with van der Waals surface area (Å²) < 4.78 is 39.6. The van der Waals surface area contributed by atoms with E-state index in [1.807, 2.05) is 6.07 Å². The number of nitro benzene ring substituents is 1. The number of ether oxygens (including phenoxy) is 2. The number of rotatable bonds is 4. The van der Waals surface area contributed by atoms with E-state index in [1.54, 1.807) is 0 Å². The van der Waals surface area contributed by atoms with Gasteiger partial charge >= 0.3 is 0 Å². The van der Waals surface area contributed by atoms with Crippen molar-refractivity contribution in [3.8, 4) is 6.07 Å². The van der Waals surface area contributed by atoms with Crippen molar-refractivity contribution in [1.29, 1.82) is 5.26 Å². The predicted octanol–water partition coefficient (Wildman–Crippen LogP) is 3.06. The van der Waals surface area contributed by atoms with Crippen molar-refractivity contribution in [2.24, 2.45) is 5.92 Å². The minimum Gasteiger partial charge on any atom is -0.379 e. The van der Waals surface area contributed by atoms with Crippen LogP contribution in [0, 0.1) is 27.4 Å². The van der Waals surface area contributed by atoms with Crippen LogP contribution in [-0.4, -0.2) is 36.4 Å². The molecule has 1 atom stereocenters. The number of nitro groups is 1. The van der Waals surface area contributed by atoms with Crippen molar-refractivity contribution in [2.75, 3.05) is 25.1 Å². The van der Waals surface area contributed by atoms with E-state index < -0.39 is 22.6 Å². The van der Waals surface area contributed by atoms with Crippen LogP contribution >= 0.6 is 0 Å². The van der Waals surface area contributed by atoms with Gasteiger partial charge in [-0.1, -0.05) is 0 Å². The maximum absolute atomic E-state index is 14.3. The van der Waals surface area contributed by atoms with Crippen LogP contribution in [0.15, 0.2) is 18.2 Å². The molecule has 0 bridgehead atoms. The molecule has 0 amide bonds. The van der Waals surface area contributed by atoms with E-state index >= 15 is 0 Å². The standard InChI is InChI=1S/C16H17F2N3O4/c17-16(18)4-3-15(24-5-6-25-15)8-12(16)10-20-13-7-11(9-19)1-2-14(13)21(22)23/h1-2,7,12,20H,3-6,8,10H2. The van der Waals surface area contributed by atoms with Crippen molar-refractivity contribution in [2.45, 2.75) is 31.0 Å². The van der Waals surface area contributed by atoms with Gasteiger partial charge in [-0.25, -0.2) is 8.78 Å². The second kappa shape index (κ2) is 6.54. The average Bonchev–Trinajstić information content (AvgIpc) is 3.04. The van der Waals surface area contributed by atoms with Gasteiger partial charge in [0.15, 0.2) is 5.79 Å². The molecular formula is C16H17F2N3O4. The zero-order valence-electron chi connectivity index (χ0n) is 13.3. The van der Waals surface area contributed by atoms with Crippen LogP contribution in [0.2, 0.25) is 0 Å². The number of benzene rings is 1. The fourth-order valence-corrected chi connectivity index (χ4v) is 3.31. The minimum atomic E-state index is -2.92. The van der Waals surface area contributed by atoms with E-state index in [-0.39, 0.29) is 42.7 Å². The molecule has 3 rings (SSSR count). The molecule has 134 valence electrons. The van der Waals surface area contributed by atoms with Crippen LogP contribution in [0.4, 0.5) is 20.2 Å². The van der Waals surface area contributed by atoms with E-state index in [0.717, 1.165) is 0 Å². The van der Waals surface area contributed by atoms with Crippen LogP contribution in [0.25, 0.3) is 0 Å². The Balaban J connectivity index is 1.77. The van der Waals surface area contributed by atoms with Gasteiger partial charge in [0.1, 0.15) is 5.69 Å². The van der Waals surface area contributed by atoms with Gasteiger partial charge in [0.05, 0.1) is 29.8 Å². The second-order valence-corrected chi connectivity index (χ2v) is 6.25. The molecule has 1 unspecified atom stereocenters. The Hall–Kier alpha value is -2.31. The van der Waals surface area contributed by atoms with E-state index in [0.29, 0.717) is 13.2 Å². The largest absolute Gasteiger partial charge is 0.379 e. The topological polar surface area (TPSA) is 97.4 Å². The number of anilines is 1. The molecule has 2 aliphatic rings. The van der Waals surface area contributed by atoms with Crippen molar-refractivity contribution in [1.82, 2.24) is 0 Å². The van der Waals surface area contributed by atoms with Crippen molar-refractivity contribution in [3.05, 3.63) is 33.9 Å². The molecule has 1 saturated carbocycles. The van der Waals surface area contributed by atoms with E-state index in [9.17, 15) is 18.9 Å². The van der Waals surface area contributed by atoms with Crippen LogP contribution < -0.4 is 5.32 Å². The molecular weight excluding hydrogens is 336 g/mol. The van der Waals surface area contributed by atoms with E-state index in [1.165, 1.54) is 18.2 Å². The van der Waals surface area contributed by atoms with Gasteiger partial charge < -0.3 is 14.8 Å². The third kappa shape index (κ3) is 3.55. The molecule has 1 N–H and O–H groups in total. The Morgan fingerprint density at radius 3 is 2.72 bits per heavy atom. The molecule has 1 aliphatic carbocycles. The third-order valence-electron chi connectivity index (χ3n) is 4.67. The Morgan fingerprint density at radius 2 is 2.08 bits per heavy atom. The number of nitrogens with one attached hydrogen (secondary N) is 1. The van der Waals surface area contributed by atoms with Crippen molar-refractivity contribution < 1.29 is 23.2 Å². The number of halogens is 2. The minimum absolute atomic E-state index is 0.0126. The van der Waals surface area contributed by atoms with Gasteiger partial charge in [-0.3, -0.25) is 10.1 Å². The lowest BCUT2D eigenvalue weighted by atomic mass is 9.81. The molecule has 9 heteroatoms. The lowest BCUT2D eigenvalue weighted by Gasteiger charge is -2.41. The highest BCUT2D eigenvalue weighted by atomic mass is 19.3. The Kier molecular flexibility index (Phi) is 4.58. The normalized spacial score (nSPS) is 24.0. The number of nitriles is 1. The van der Waals surface area contributed by atoms with Gasteiger partial charge in [0.2, 0.25) is 0 Å². The zero-order chi connectivity index (χ0) is 18.1. The monoisotopic (exact) mass is 353 g/mol. The SMILES string of the molecule is N#Cc1ccc([N+](=O)[O-])c(NCC2CC3(CCC2(F)F)OCCO3)c1. The molecule has 2 fully saturated rings. The first-order valence-corrected chi connectivity index (χ1v) is 7.93. The number of hydrogen-bond acceptors (Lipinski definition) is 6. The van der Waals surface area contributed by atoms with Gasteiger partial charge in [-0.05, 0) is 12.1 Å². The summed E-state index contributed by atoms with van der Waals surface area (Å²) in [6.45, 7) is 0.569. The van der Waals surface area contributed by atoms with Gasteiger partial charge in [-0.15, -0.1) is 0 Å². The molecule has 7 nitrogen and oxygen atoms in total. The first kappa shape index (κ1) is 17.5. The first-order chi connectivity index (χ1) is 11.9. The first-order valence-electron chi connectivity index (χ1n) is 7.93. The number of alkyl halides is 2. The van der Waals surface area contributed by atoms with E-state index in [2.05, 4.69) is 5.32 Å². The van der Waals surface area contributed by atoms with Crippen LogP contribution in [0.5, 0.6) is 0 Å². The summed E-state index contributed by atoms with van der Waals surface area (Å²) in [7, 11) is 0. The molecule has 1 aliphatic heterocycles. The van der Waals surface area contributed by atoms with Crippen molar-refractivity contribution in [3.63, 3.8) is 0 Å². The summed E-state index contributed by atoms with van der Waals surface area (Å²) in [5.74, 6) is -4.99. The summed E-state index contributed by atoms with van der Waals surface area (Å²) in [6.07, 6.45) is -0.223. The second-order valence-electron chi connectivity index (χ2n) is 6.25. The molecule has 1 aromatic rings. The number of hydrogen-bond donors (Lipinski definition) is 1. The zero-order valence-corrected chi connectivity index (χ0v) is 13.3. The van der Waals surface area contributed by atoms with Crippen LogP contribution in [-0.2, 0) is 9.47 Å². The number of nitrogens with zero attached hydrogens (tertiary/aromatic N) is 2. The quantitative estimate of drug-likeness (QED) is 0.660. The highest BCUT2D eigenvalue weighted by molar-refractivity contribution is 5.64. The molecule has 0 aromatic heterocycles. The summed E-state index contributed by atoms with van der Waals surface area (Å²) in [5.41, 5.74) is -0.00336. The molecule has 1 aromatic carbocycles. The van der Waals surface area contributed by atoms with Gasteiger partial charge in [0.25, 0.3) is 11.6 Å². The predicted molar refractivity (Wildman–Crippen MR) is 83.2 cm³/mol. The summed E-state index contributed by atoms with van der Waals surface area (Å²) in [6, 6.07) is 5.66. The lowest BCUT2D eigenvalue weighted by Crippen LogP contribution is -2.48. The lowest BCUT2D eigenvalue weighted by molar-refractivity contribution is -0.384. The Bertz CT molecular complexity index is 714. The Labute approximate surface area is 142 Å². The summed E-state index contributed by atoms with van der Waals surface area (Å²) in [4.78, 5) is 10.5. The van der Waals surface area contributed by atoms with Crippen LogP contribution in [0.3, 0.4) is 0 Å². The third-order valence-corrected chi connectivity index (χ3v) is 4.67. The van der Waals surface area contributed by atoms with Crippen LogP contribution in [0.1, 0.15) is 24.8 Å². The molecule has 25 heavy (non-hydrogen) atoms. The van der Waals surface area contributed by atoms with Gasteiger partial charge in [0, 0.05) is 37.8 Å². The highest BCUT2D eigenvalue weighted by Crippen LogP contribution is 2.46. The highest BCUT2D eigenvalue weighted by Gasteiger charge is 2.53. The summed E-state index contributed by atoms with van der Waals surface area (Å²) >= 11 is 0. The fourth-order valence-electron chi connectivity index (χ4n) is 3.31.